The Hall–Kier alpha value is -2.86. The Morgan fingerprint density at radius 2 is 1.92 bits per heavy atom. The van der Waals surface area contributed by atoms with Crippen LogP contribution in [-0.2, 0) is 11.3 Å². The zero-order chi connectivity index (χ0) is 16.8. The Kier molecular flexibility index (Phi) is 5.08. The third-order valence-corrected chi connectivity index (χ3v) is 3.58. The van der Waals surface area contributed by atoms with Gasteiger partial charge in [0.1, 0.15) is 5.75 Å². The first-order valence-corrected chi connectivity index (χ1v) is 7.70. The molecule has 6 heteroatoms. The number of para-hydroxylation sites is 1. The summed E-state index contributed by atoms with van der Waals surface area (Å²) in [5.41, 5.74) is 1.60. The summed E-state index contributed by atoms with van der Waals surface area (Å²) in [5.74, 6) is 1.28. The fraction of sp³-hybridized carbons (Fsp3) is 0.222. The molecule has 3 aromatic rings. The van der Waals surface area contributed by atoms with Crippen LogP contribution >= 0.6 is 0 Å². The maximum absolute atomic E-state index is 11.9. The number of fused-ring (bicyclic) bond motifs is 1. The Morgan fingerprint density at radius 3 is 2.71 bits per heavy atom. The fourth-order valence-electron chi connectivity index (χ4n) is 2.32. The van der Waals surface area contributed by atoms with E-state index in [9.17, 15) is 4.79 Å². The molecule has 0 aliphatic rings. The van der Waals surface area contributed by atoms with Gasteiger partial charge in [-0.1, -0.05) is 24.3 Å². The zero-order valence-corrected chi connectivity index (χ0v) is 13.4. The van der Waals surface area contributed by atoms with Gasteiger partial charge in [-0.3, -0.25) is 9.78 Å². The van der Waals surface area contributed by atoms with Crippen molar-refractivity contribution in [3.05, 3.63) is 64.4 Å². The number of aromatic amines is 1. The number of hydrogen-bond acceptors (Lipinski definition) is 5. The summed E-state index contributed by atoms with van der Waals surface area (Å²) < 4.78 is 10.7. The molecule has 0 amide bonds. The van der Waals surface area contributed by atoms with E-state index >= 15 is 0 Å². The molecule has 0 fully saturated rings. The number of hydrogen-bond donors (Lipinski definition) is 2. The maximum atomic E-state index is 11.9. The van der Waals surface area contributed by atoms with Gasteiger partial charge in [0, 0.05) is 6.54 Å². The van der Waals surface area contributed by atoms with Crippen LogP contribution in [0, 0.1) is 0 Å². The molecule has 2 aromatic carbocycles. The smallest absolute Gasteiger partial charge is 0.260 e. The van der Waals surface area contributed by atoms with Crippen LogP contribution in [0.1, 0.15) is 5.56 Å². The van der Waals surface area contributed by atoms with Crippen molar-refractivity contribution in [2.45, 2.75) is 6.61 Å². The SMILES string of the molecule is COc1ccc(COCCNc2nc3ccccc3c(=O)[nH]2)cc1. The van der Waals surface area contributed by atoms with Crippen LogP contribution in [0.15, 0.2) is 53.3 Å². The van der Waals surface area contributed by atoms with Gasteiger partial charge < -0.3 is 14.8 Å². The summed E-state index contributed by atoms with van der Waals surface area (Å²) in [6, 6.07) is 15.0. The molecule has 0 atom stereocenters. The molecule has 6 nitrogen and oxygen atoms in total. The number of anilines is 1. The van der Waals surface area contributed by atoms with Gasteiger partial charge in [-0.15, -0.1) is 0 Å². The van der Waals surface area contributed by atoms with E-state index in [0.29, 0.717) is 36.6 Å². The lowest BCUT2D eigenvalue weighted by Gasteiger charge is -2.08. The summed E-state index contributed by atoms with van der Waals surface area (Å²) >= 11 is 0. The van der Waals surface area contributed by atoms with Gasteiger partial charge in [0.05, 0.1) is 31.2 Å². The van der Waals surface area contributed by atoms with E-state index in [1.807, 2.05) is 42.5 Å². The van der Waals surface area contributed by atoms with E-state index in [0.717, 1.165) is 11.3 Å². The van der Waals surface area contributed by atoms with Crippen molar-refractivity contribution in [1.29, 1.82) is 0 Å². The number of methoxy groups -OCH3 is 1. The number of rotatable bonds is 7. The summed E-state index contributed by atoms with van der Waals surface area (Å²) in [7, 11) is 1.64. The second kappa shape index (κ2) is 7.61. The normalized spacial score (nSPS) is 10.7. The molecule has 24 heavy (non-hydrogen) atoms. The first-order valence-electron chi connectivity index (χ1n) is 7.70. The Labute approximate surface area is 139 Å². The van der Waals surface area contributed by atoms with Gasteiger partial charge in [0.2, 0.25) is 5.95 Å². The lowest BCUT2D eigenvalue weighted by atomic mass is 10.2. The number of ether oxygens (including phenoxy) is 2. The van der Waals surface area contributed by atoms with E-state index in [2.05, 4.69) is 15.3 Å². The first kappa shape index (κ1) is 16.0. The van der Waals surface area contributed by atoms with Crippen molar-refractivity contribution >= 4 is 16.9 Å². The minimum atomic E-state index is -0.151. The molecule has 124 valence electrons. The van der Waals surface area contributed by atoms with Crippen LogP contribution in [-0.4, -0.2) is 30.2 Å². The molecule has 0 saturated carbocycles. The van der Waals surface area contributed by atoms with Crippen molar-refractivity contribution < 1.29 is 9.47 Å². The van der Waals surface area contributed by atoms with Gasteiger partial charge in [0.25, 0.3) is 5.56 Å². The summed E-state index contributed by atoms with van der Waals surface area (Å²) in [4.78, 5) is 19.0. The Bertz CT molecular complexity index is 859. The van der Waals surface area contributed by atoms with E-state index in [1.54, 1.807) is 13.2 Å². The number of aromatic nitrogens is 2. The number of benzene rings is 2. The predicted octanol–water partition coefficient (Wildman–Crippen LogP) is 2.56. The molecule has 0 saturated heterocycles. The maximum Gasteiger partial charge on any atom is 0.260 e. The highest BCUT2D eigenvalue weighted by Gasteiger charge is 2.02. The summed E-state index contributed by atoms with van der Waals surface area (Å²) in [5, 5.41) is 3.65. The van der Waals surface area contributed by atoms with Crippen LogP contribution in [0.5, 0.6) is 5.75 Å². The standard InChI is InChI=1S/C18H19N3O3/c1-23-14-8-6-13(7-9-14)12-24-11-10-19-18-20-16-5-3-2-4-15(16)17(22)21-18/h2-9H,10-12H2,1H3,(H2,19,20,21,22). The molecule has 0 aliphatic heterocycles. The van der Waals surface area contributed by atoms with Crippen LogP contribution < -0.4 is 15.6 Å². The highest BCUT2D eigenvalue weighted by Crippen LogP contribution is 2.12. The molecule has 2 N–H and O–H groups in total. The minimum absolute atomic E-state index is 0.151. The van der Waals surface area contributed by atoms with Crippen LogP contribution in [0.25, 0.3) is 10.9 Å². The molecule has 0 radical (unpaired) electrons. The Balaban J connectivity index is 1.48. The topological polar surface area (TPSA) is 76.2 Å². The molecule has 0 bridgehead atoms. The second-order valence-corrected chi connectivity index (χ2v) is 5.26. The zero-order valence-electron chi connectivity index (χ0n) is 13.4. The van der Waals surface area contributed by atoms with Crippen molar-refractivity contribution in [1.82, 2.24) is 9.97 Å². The number of H-pyrrole nitrogens is 1. The monoisotopic (exact) mass is 325 g/mol. The average Bonchev–Trinajstić information content (AvgIpc) is 2.62. The molecule has 0 aliphatic carbocycles. The number of nitrogens with one attached hydrogen (secondary N) is 2. The molecular weight excluding hydrogens is 306 g/mol. The lowest BCUT2D eigenvalue weighted by Crippen LogP contribution is -2.16. The second-order valence-electron chi connectivity index (χ2n) is 5.26. The highest BCUT2D eigenvalue weighted by molar-refractivity contribution is 5.78. The molecule has 1 heterocycles. The quantitative estimate of drug-likeness (QED) is 0.653. The molecule has 0 unspecified atom stereocenters. The fourth-order valence-corrected chi connectivity index (χ4v) is 2.32. The Morgan fingerprint density at radius 1 is 1.12 bits per heavy atom. The van der Waals surface area contributed by atoms with Crippen molar-refractivity contribution in [3.63, 3.8) is 0 Å². The molecule has 3 rings (SSSR count). The van der Waals surface area contributed by atoms with Crippen LogP contribution in [0.3, 0.4) is 0 Å². The van der Waals surface area contributed by atoms with Gasteiger partial charge in [-0.2, -0.15) is 0 Å². The minimum Gasteiger partial charge on any atom is -0.497 e. The predicted molar refractivity (Wildman–Crippen MR) is 93.5 cm³/mol. The van der Waals surface area contributed by atoms with Crippen LogP contribution in [0.4, 0.5) is 5.95 Å². The third kappa shape index (κ3) is 3.91. The average molecular weight is 325 g/mol. The van der Waals surface area contributed by atoms with Gasteiger partial charge in [-0.25, -0.2) is 4.98 Å². The number of nitrogens with zero attached hydrogens (tertiary/aromatic N) is 1. The molecule has 0 spiro atoms. The van der Waals surface area contributed by atoms with E-state index < -0.39 is 0 Å². The highest BCUT2D eigenvalue weighted by atomic mass is 16.5. The molecule has 1 aromatic heterocycles. The van der Waals surface area contributed by atoms with Crippen LogP contribution in [0.2, 0.25) is 0 Å². The van der Waals surface area contributed by atoms with E-state index in [1.165, 1.54) is 0 Å². The third-order valence-electron chi connectivity index (χ3n) is 3.58. The first-order chi connectivity index (χ1) is 11.8. The van der Waals surface area contributed by atoms with Crippen molar-refractivity contribution in [2.24, 2.45) is 0 Å². The van der Waals surface area contributed by atoms with Gasteiger partial charge in [-0.05, 0) is 29.8 Å². The van der Waals surface area contributed by atoms with E-state index in [4.69, 9.17) is 9.47 Å². The van der Waals surface area contributed by atoms with Gasteiger partial charge in [0.15, 0.2) is 0 Å². The molecular formula is C18H19N3O3. The van der Waals surface area contributed by atoms with Crippen molar-refractivity contribution in [3.8, 4) is 5.75 Å². The van der Waals surface area contributed by atoms with E-state index in [-0.39, 0.29) is 5.56 Å². The summed E-state index contributed by atoms with van der Waals surface area (Å²) in [6.45, 7) is 1.58. The van der Waals surface area contributed by atoms with Crippen molar-refractivity contribution in [2.75, 3.05) is 25.6 Å². The largest absolute Gasteiger partial charge is 0.497 e. The summed E-state index contributed by atoms with van der Waals surface area (Å²) in [6.07, 6.45) is 0. The van der Waals surface area contributed by atoms with Gasteiger partial charge >= 0.3 is 0 Å². The lowest BCUT2D eigenvalue weighted by molar-refractivity contribution is 0.130.